The fourth-order valence-corrected chi connectivity index (χ4v) is 2.31. The van der Waals surface area contributed by atoms with Gasteiger partial charge in [-0.05, 0) is 37.8 Å². The van der Waals surface area contributed by atoms with Gasteiger partial charge in [0.15, 0.2) is 0 Å². The van der Waals surface area contributed by atoms with Crippen LogP contribution in [0.1, 0.15) is 33.6 Å². The largest absolute Gasteiger partial charge is 0.486 e. The summed E-state index contributed by atoms with van der Waals surface area (Å²) in [5, 5.41) is 5.88. The van der Waals surface area contributed by atoms with Crippen LogP contribution < -0.4 is 10.1 Å². The van der Waals surface area contributed by atoms with Gasteiger partial charge in [-0.15, -0.1) is 0 Å². The van der Waals surface area contributed by atoms with E-state index in [-0.39, 0.29) is 5.60 Å². The summed E-state index contributed by atoms with van der Waals surface area (Å²) >= 11 is 0. The van der Waals surface area contributed by atoms with Gasteiger partial charge in [-0.2, -0.15) is 0 Å². The zero-order valence-corrected chi connectivity index (χ0v) is 12.8. The molecule has 2 heteroatoms. The van der Waals surface area contributed by atoms with E-state index in [1.807, 2.05) is 0 Å². The highest BCUT2D eigenvalue weighted by Gasteiger charge is 2.24. The van der Waals surface area contributed by atoms with Crippen LogP contribution in [-0.4, -0.2) is 18.7 Å². The molecule has 2 rings (SSSR count). The van der Waals surface area contributed by atoms with E-state index < -0.39 is 0 Å². The molecule has 2 aromatic carbocycles. The fraction of sp³-hybridized carbons (Fsp3) is 0.444. The minimum atomic E-state index is -0.167. The van der Waals surface area contributed by atoms with E-state index in [0.29, 0.717) is 0 Å². The highest BCUT2D eigenvalue weighted by Crippen LogP contribution is 2.29. The maximum Gasteiger partial charge on any atom is 0.128 e. The number of rotatable bonds is 7. The normalized spacial score (nSPS) is 14.2. The summed E-state index contributed by atoms with van der Waals surface area (Å²) < 4.78 is 6.35. The van der Waals surface area contributed by atoms with Crippen molar-refractivity contribution in [3.8, 4) is 5.75 Å². The number of hydrogen-bond donors (Lipinski definition) is 1. The molecule has 2 aromatic rings. The number of hydrogen-bond acceptors (Lipinski definition) is 2. The number of ether oxygens (including phenoxy) is 1. The first kappa shape index (κ1) is 14.9. The molecule has 0 amide bonds. The molecular weight excluding hydrogens is 246 g/mol. The van der Waals surface area contributed by atoms with Crippen molar-refractivity contribution in [2.24, 2.45) is 0 Å². The van der Waals surface area contributed by atoms with Gasteiger partial charge in [-0.1, -0.05) is 50.2 Å². The molecule has 0 aliphatic heterocycles. The van der Waals surface area contributed by atoms with E-state index >= 15 is 0 Å². The van der Waals surface area contributed by atoms with Gasteiger partial charge in [-0.25, -0.2) is 0 Å². The zero-order chi connectivity index (χ0) is 14.4. The predicted molar refractivity (Wildman–Crippen MR) is 86.4 cm³/mol. The van der Waals surface area contributed by atoms with E-state index in [4.69, 9.17) is 4.74 Å². The Morgan fingerprint density at radius 3 is 2.55 bits per heavy atom. The number of fused-ring (bicyclic) bond motifs is 1. The summed E-state index contributed by atoms with van der Waals surface area (Å²) in [5.74, 6) is 0.978. The topological polar surface area (TPSA) is 21.3 Å². The number of nitrogens with one attached hydrogen (secondary N) is 1. The van der Waals surface area contributed by atoms with Gasteiger partial charge in [0.1, 0.15) is 11.4 Å². The first-order chi connectivity index (χ1) is 9.68. The first-order valence-corrected chi connectivity index (χ1v) is 7.56. The quantitative estimate of drug-likeness (QED) is 0.754. The van der Waals surface area contributed by atoms with Crippen LogP contribution in [0.2, 0.25) is 0 Å². The second kappa shape index (κ2) is 6.76. The molecule has 0 heterocycles. The number of benzene rings is 2. The summed E-state index contributed by atoms with van der Waals surface area (Å²) in [6.45, 7) is 8.45. The third-order valence-corrected chi connectivity index (χ3v) is 3.78. The Morgan fingerprint density at radius 2 is 1.80 bits per heavy atom. The van der Waals surface area contributed by atoms with E-state index in [0.717, 1.165) is 31.7 Å². The molecule has 0 spiro atoms. The van der Waals surface area contributed by atoms with Crippen molar-refractivity contribution >= 4 is 10.8 Å². The highest BCUT2D eigenvalue weighted by molar-refractivity contribution is 5.88. The molecule has 0 saturated carbocycles. The molecule has 20 heavy (non-hydrogen) atoms. The van der Waals surface area contributed by atoms with E-state index in [2.05, 4.69) is 68.6 Å². The van der Waals surface area contributed by atoms with Gasteiger partial charge in [-0.3, -0.25) is 0 Å². The van der Waals surface area contributed by atoms with Crippen LogP contribution in [0.15, 0.2) is 42.5 Å². The average Bonchev–Trinajstić information content (AvgIpc) is 2.48. The monoisotopic (exact) mass is 271 g/mol. The minimum absolute atomic E-state index is 0.167. The Labute approximate surface area is 122 Å². The molecular formula is C18H25NO. The smallest absolute Gasteiger partial charge is 0.128 e. The molecule has 2 nitrogen and oxygen atoms in total. The van der Waals surface area contributed by atoms with E-state index in [1.54, 1.807) is 0 Å². The highest BCUT2D eigenvalue weighted by atomic mass is 16.5. The van der Waals surface area contributed by atoms with E-state index in [1.165, 1.54) is 10.8 Å². The Hall–Kier alpha value is -1.54. The van der Waals surface area contributed by atoms with Crippen molar-refractivity contribution in [3.63, 3.8) is 0 Å². The molecule has 108 valence electrons. The molecule has 0 fully saturated rings. The summed E-state index contributed by atoms with van der Waals surface area (Å²) in [7, 11) is 0. The molecule has 0 aromatic heterocycles. The lowest BCUT2D eigenvalue weighted by molar-refractivity contribution is 0.0856. The second-order valence-corrected chi connectivity index (χ2v) is 5.56. The van der Waals surface area contributed by atoms with Gasteiger partial charge >= 0.3 is 0 Å². The van der Waals surface area contributed by atoms with Gasteiger partial charge in [0.05, 0.1) is 0 Å². The molecule has 0 radical (unpaired) electrons. The van der Waals surface area contributed by atoms with Crippen LogP contribution in [0.3, 0.4) is 0 Å². The summed E-state index contributed by atoms with van der Waals surface area (Å²) in [5.41, 5.74) is -0.167. The van der Waals surface area contributed by atoms with Crippen molar-refractivity contribution in [3.05, 3.63) is 42.5 Å². The third kappa shape index (κ3) is 3.51. The van der Waals surface area contributed by atoms with Crippen molar-refractivity contribution in [2.75, 3.05) is 13.1 Å². The SMILES string of the molecule is CCCNCC(C)(CC)Oc1cccc2ccccc12. The summed E-state index contributed by atoms with van der Waals surface area (Å²) in [6.07, 6.45) is 2.13. The third-order valence-electron chi connectivity index (χ3n) is 3.78. The van der Waals surface area contributed by atoms with Crippen molar-refractivity contribution < 1.29 is 4.74 Å². The summed E-state index contributed by atoms with van der Waals surface area (Å²) in [4.78, 5) is 0. The van der Waals surface area contributed by atoms with Gasteiger partial charge < -0.3 is 10.1 Å². The molecule has 1 atom stereocenters. The standard InChI is InChI=1S/C18H25NO/c1-4-13-19-14-18(3,5-2)20-17-12-8-10-15-9-6-7-11-16(15)17/h6-12,19H,4-5,13-14H2,1-3H3. The first-order valence-electron chi connectivity index (χ1n) is 7.56. The fourth-order valence-electron chi connectivity index (χ4n) is 2.31. The lowest BCUT2D eigenvalue weighted by Crippen LogP contribution is -2.42. The lowest BCUT2D eigenvalue weighted by atomic mass is 10.0. The maximum absolute atomic E-state index is 6.35. The Morgan fingerprint density at radius 1 is 1.05 bits per heavy atom. The van der Waals surface area contributed by atoms with Crippen LogP contribution >= 0.6 is 0 Å². The minimum Gasteiger partial charge on any atom is -0.486 e. The van der Waals surface area contributed by atoms with Crippen molar-refractivity contribution in [2.45, 2.75) is 39.2 Å². The van der Waals surface area contributed by atoms with E-state index in [9.17, 15) is 0 Å². The van der Waals surface area contributed by atoms with Gasteiger partial charge in [0.2, 0.25) is 0 Å². The van der Waals surface area contributed by atoms with Crippen molar-refractivity contribution in [1.82, 2.24) is 5.32 Å². The molecule has 0 aliphatic rings. The van der Waals surface area contributed by atoms with Crippen molar-refractivity contribution in [1.29, 1.82) is 0 Å². The average molecular weight is 271 g/mol. The molecule has 1 N–H and O–H groups in total. The summed E-state index contributed by atoms with van der Waals surface area (Å²) in [6, 6.07) is 14.6. The van der Waals surface area contributed by atoms with Crippen LogP contribution in [0.4, 0.5) is 0 Å². The van der Waals surface area contributed by atoms with Crippen LogP contribution in [0.25, 0.3) is 10.8 Å². The Balaban J connectivity index is 2.20. The molecule has 0 saturated heterocycles. The Bertz CT molecular complexity index is 547. The lowest BCUT2D eigenvalue weighted by Gasteiger charge is -2.30. The molecule has 1 unspecified atom stereocenters. The predicted octanol–water partition coefficient (Wildman–Crippen LogP) is 4.39. The Kier molecular flexibility index (Phi) is 5.02. The molecule has 0 aliphatic carbocycles. The van der Waals surface area contributed by atoms with Crippen LogP contribution in [-0.2, 0) is 0 Å². The van der Waals surface area contributed by atoms with Crippen LogP contribution in [0, 0.1) is 0 Å². The maximum atomic E-state index is 6.35. The second-order valence-electron chi connectivity index (χ2n) is 5.56. The van der Waals surface area contributed by atoms with Gasteiger partial charge in [0.25, 0.3) is 0 Å². The molecule has 0 bridgehead atoms. The van der Waals surface area contributed by atoms with Gasteiger partial charge in [0, 0.05) is 11.9 Å². The van der Waals surface area contributed by atoms with Crippen LogP contribution in [0.5, 0.6) is 5.75 Å². The zero-order valence-electron chi connectivity index (χ0n) is 12.8.